The number of thiophene rings is 1. The minimum Gasteiger partial charge on any atom is -0.369 e. The van der Waals surface area contributed by atoms with E-state index in [9.17, 15) is 18.0 Å². The van der Waals surface area contributed by atoms with E-state index in [0.29, 0.717) is 31.9 Å². The number of aromatic nitrogens is 2. The molecule has 1 saturated heterocycles. The van der Waals surface area contributed by atoms with Crippen molar-refractivity contribution in [3.05, 3.63) is 57.0 Å². The molecule has 0 spiro atoms. The number of halogens is 3. The Hall–Kier alpha value is -2.43. The quantitative estimate of drug-likeness (QED) is 0.595. The molecule has 5 rings (SSSR count). The highest BCUT2D eigenvalue weighted by molar-refractivity contribution is 7.18. The fourth-order valence-corrected chi connectivity index (χ4v) is 5.73. The SMILES string of the molecule is CN1Cc2sc3ncn(CCN4CCN(c5cccc(C(F)(F)F)c5)CC4)c(=O)c3c2C1. The summed E-state index contributed by atoms with van der Waals surface area (Å²) >= 11 is 1.61. The average Bonchev–Trinajstić information content (AvgIpc) is 3.29. The summed E-state index contributed by atoms with van der Waals surface area (Å²) in [5.41, 5.74) is 1.12. The number of alkyl halides is 3. The van der Waals surface area contributed by atoms with Crippen LogP contribution in [0.25, 0.3) is 10.2 Å². The lowest BCUT2D eigenvalue weighted by molar-refractivity contribution is -0.137. The molecule has 0 saturated carbocycles. The normalized spacial score (nSPS) is 17.9. The molecule has 10 heteroatoms. The van der Waals surface area contributed by atoms with Gasteiger partial charge in [0, 0.05) is 62.9 Å². The van der Waals surface area contributed by atoms with Crippen molar-refractivity contribution in [2.24, 2.45) is 0 Å². The first-order valence-electron chi connectivity index (χ1n) is 10.6. The summed E-state index contributed by atoms with van der Waals surface area (Å²) < 4.78 is 40.7. The average molecular weight is 464 g/mol. The van der Waals surface area contributed by atoms with Crippen LogP contribution < -0.4 is 10.5 Å². The van der Waals surface area contributed by atoms with Gasteiger partial charge >= 0.3 is 6.18 Å². The number of hydrogen-bond acceptors (Lipinski definition) is 6. The molecule has 0 N–H and O–H groups in total. The minimum atomic E-state index is -4.34. The van der Waals surface area contributed by atoms with Crippen LogP contribution in [0.5, 0.6) is 0 Å². The summed E-state index contributed by atoms with van der Waals surface area (Å²) in [6.07, 6.45) is -2.70. The molecule has 3 aromatic rings. The van der Waals surface area contributed by atoms with Crippen LogP contribution in [0, 0.1) is 0 Å². The molecule has 0 bridgehead atoms. The smallest absolute Gasteiger partial charge is 0.369 e. The maximum absolute atomic E-state index is 13.1. The molecule has 0 amide bonds. The highest BCUT2D eigenvalue weighted by Gasteiger charge is 2.31. The Balaban J connectivity index is 1.22. The van der Waals surface area contributed by atoms with Gasteiger partial charge in [0.15, 0.2) is 0 Å². The number of rotatable bonds is 4. The fourth-order valence-electron chi connectivity index (χ4n) is 4.51. The van der Waals surface area contributed by atoms with E-state index in [1.165, 1.54) is 17.0 Å². The lowest BCUT2D eigenvalue weighted by atomic mass is 10.1. The van der Waals surface area contributed by atoms with Crippen LogP contribution in [0.15, 0.2) is 35.4 Å². The van der Waals surface area contributed by atoms with Crippen molar-refractivity contribution in [1.29, 1.82) is 0 Å². The number of piperazine rings is 1. The second kappa shape index (κ2) is 8.17. The summed E-state index contributed by atoms with van der Waals surface area (Å²) in [5, 5.41) is 0.756. The molecule has 0 radical (unpaired) electrons. The van der Waals surface area contributed by atoms with Gasteiger partial charge in [0.05, 0.1) is 17.3 Å². The van der Waals surface area contributed by atoms with Crippen LogP contribution in [0.3, 0.4) is 0 Å². The Morgan fingerprint density at radius 2 is 1.88 bits per heavy atom. The highest BCUT2D eigenvalue weighted by atomic mass is 32.1. The standard InChI is InChI=1S/C22H24F3N5OS/c1-27-12-17-18(13-27)32-20-19(17)21(31)30(14-26-20)10-7-28-5-8-29(9-6-28)16-4-2-3-15(11-16)22(23,24)25/h2-4,11,14H,5-10,12-13H2,1H3. The van der Waals surface area contributed by atoms with Crippen molar-refractivity contribution >= 4 is 27.2 Å². The number of nitrogens with zero attached hydrogens (tertiary/aromatic N) is 5. The minimum absolute atomic E-state index is 0.0189. The van der Waals surface area contributed by atoms with Crippen LogP contribution in [0.2, 0.25) is 0 Å². The molecule has 170 valence electrons. The molecule has 0 aliphatic carbocycles. The van der Waals surface area contributed by atoms with Crippen LogP contribution in [-0.4, -0.2) is 59.1 Å². The van der Waals surface area contributed by atoms with E-state index in [-0.39, 0.29) is 5.56 Å². The summed E-state index contributed by atoms with van der Waals surface area (Å²) in [5.74, 6) is 0. The molecule has 1 fully saturated rings. The Morgan fingerprint density at radius 1 is 1.09 bits per heavy atom. The number of fused-ring (bicyclic) bond motifs is 3. The molecule has 0 unspecified atom stereocenters. The summed E-state index contributed by atoms with van der Waals surface area (Å²) in [7, 11) is 2.05. The van der Waals surface area contributed by atoms with E-state index >= 15 is 0 Å². The monoisotopic (exact) mass is 463 g/mol. The van der Waals surface area contributed by atoms with Crippen LogP contribution in [0.4, 0.5) is 18.9 Å². The van der Waals surface area contributed by atoms with E-state index in [1.54, 1.807) is 28.3 Å². The third-order valence-electron chi connectivity index (χ3n) is 6.27. The topological polar surface area (TPSA) is 44.6 Å². The first-order chi connectivity index (χ1) is 15.3. The molecule has 0 atom stereocenters. The Labute approximate surface area is 187 Å². The van der Waals surface area contributed by atoms with Crippen LogP contribution in [-0.2, 0) is 25.8 Å². The van der Waals surface area contributed by atoms with Gasteiger partial charge < -0.3 is 4.90 Å². The van der Waals surface area contributed by atoms with Crippen LogP contribution >= 0.6 is 11.3 Å². The zero-order valence-electron chi connectivity index (χ0n) is 17.7. The maximum atomic E-state index is 13.1. The summed E-state index contributed by atoms with van der Waals surface area (Å²) in [6, 6.07) is 5.50. The van der Waals surface area contributed by atoms with Crippen molar-refractivity contribution in [3.63, 3.8) is 0 Å². The van der Waals surface area contributed by atoms with Crippen molar-refractivity contribution in [1.82, 2.24) is 19.4 Å². The Morgan fingerprint density at radius 3 is 2.62 bits per heavy atom. The van der Waals surface area contributed by atoms with Gasteiger partial charge in [-0.05, 0) is 30.8 Å². The van der Waals surface area contributed by atoms with Gasteiger partial charge in [0.25, 0.3) is 5.56 Å². The first-order valence-corrected chi connectivity index (χ1v) is 11.4. The number of hydrogen-bond donors (Lipinski definition) is 0. The molecule has 2 aromatic heterocycles. The van der Waals surface area contributed by atoms with Gasteiger partial charge in [-0.15, -0.1) is 11.3 Å². The molecule has 2 aliphatic rings. The maximum Gasteiger partial charge on any atom is 0.416 e. The molecule has 1 aromatic carbocycles. The van der Waals surface area contributed by atoms with Gasteiger partial charge in [-0.25, -0.2) is 4.98 Å². The predicted octanol–water partition coefficient (Wildman–Crippen LogP) is 3.24. The lowest BCUT2D eigenvalue weighted by Gasteiger charge is -2.36. The van der Waals surface area contributed by atoms with Gasteiger partial charge in [-0.1, -0.05) is 6.07 Å². The number of benzene rings is 1. The van der Waals surface area contributed by atoms with Crippen LogP contribution in [0.1, 0.15) is 16.0 Å². The predicted molar refractivity (Wildman–Crippen MR) is 119 cm³/mol. The molecule has 4 heterocycles. The molecular formula is C22H24F3N5OS. The summed E-state index contributed by atoms with van der Waals surface area (Å²) in [4.78, 5) is 26.1. The van der Waals surface area contributed by atoms with Gasteiger partial charge in [0.1, 0.15) is 4.83 Å². The van der Waals surface area contributed by atoms with Gasteiger partial charge in [-0.2, -0.15) is 13.2 Å². The Kier molecular flexibility index (Phi) is 5.47. The second-order valence-electron chi connectivity index (χ2n) is 8.48. The lowest BCUT2D eigenvalue weighted by Crippen LogP contribution is -2.47. The van der Waals surface area contributed by atoms with Gasteiger partial charge in [-0.3, -0.25) is 19.2 Å². The van der Waals surface area contributed by atoms with E-state index < -0.39 is 11.7 Å². The fraction of sp³-hybridized carbons (Fsp3) is 0.455. The molecule has 2 aliphatic heterocycles. The largest absolute Gasteiger partial charge is 0.416 e. The van der Waals surface area contributed by atoms with Gasteiger partial charge in [0.2, 0.25) is 0 Å². The zero-order valence-corrected chi connectivity index (χ0v) is 18.5. The van der Waals surface area contributed by atoms with Crippen molar-refractivity contribution in [3.8, 4) is 0 Å². The van der Waals surface area contributed by atoms with Crippen molar-refractivity contribution < 1.29 is 13.2 Å². The molecule has 32 heavy (non-hydrogen) atoms. The first kappa shape index (κ1) is 21.4. The molecular weight excluding hydrogens is 439 g/mol. The molecule has 6 nitrogen and oxygen atoms in total. The highest BCUT2D eigenvalue weighted by Crippen LogP contribution is 2.34. The van der Waals surface area contributed by atoms with E-state index in [4.69, 9.17) is 0 Å². The summed E-state index contributed by atoms with van der Waals surface area (Å²) in [6.45, 7) is 5.68. The Bertz CT molecular complexity index is 1200. The van der Waals surface area contributed by atoms with E-state index in [2.05, 4.69) is 14.8 Å². The third-order valence-corrected chi connectivity index (χ3v) is 7.40. The van der Waals surface area contributed by atoms with E-state index in [0.717, 1.165) is 48.0 Å². The van der Waals surface area contributed by atoms with Crippen molar-refractivity contribution in [2.45, 2.75) is 25.8 Å². The zero-order chi connectivity index (χ0) is 22.5. The van der Waals surface area contributed by atoms with Crippen molar-refractivity contribution in [2.75, 3.05) is 44.7 Å². The van der Waals surface area contributed by atoms with E-state index in [1.807, 2.05) is 11.9 Å². The number of anilines is 1. The third kappa shape index (κ3) is 4.02. The second-order valence-corrected chi connectivity index (χ2v) is 9.56.